The van der Waals surface area contributed by atoms with Gasteiger partial charge in [-0.25, -0.2) is 9.78 Å². The molecule has 0 aliphatic heterocycles. The Balaban J connectivity index is 2.02. The minimum absolute atomic E-state index is 0.152. The molecule has 0 radical (unpaired) electrons. The van der Waals surface area contributed by atoms with Crippen LogP contribution >= 0.6 is 11.3 Å². The van der Waals surface area contributed by atoms with E-state index in [0.29, 0.717) is 10.9 Å². The number of aryl methyl sites for hydroxylation is 1. The molecule has 1 aromatic carbocycles. The molecule has 5 nitrogen and oxygen atoms in total. The van der Waals surface area contributed by atoms with E-state index in [9.17, 15) is 9.00 Å². The van der Waals surface area contributed by atoms with Crippen LogP contribution in [0.1, 0.15) is 12.6 Å². The maximum Gasteiger partial charge on any atom is 0.321 e. The van der Waals surface area contributed by atoms with Crippen molar-refractivity contribution in [1.82, 2.24) is 10.3 Å². The van der Waals surface area contributed by atoms with E-state index in [1.165, 1.54) is 11.3 Å². The Morgan fingerprint density at radius 1 is 1.36 bits per heavy atom. The van der Waals surface area contributed by atoms with Crippen molar-refractivity contribution in [3.05, 3.63) is 36.0 Å². The third-order valence-corrected chi connectivity index (χ3v) is 5.01. The highest BCUT2D eigenvalue weighted by atomic mass is 32.2. The molecule has 0 aliphatic carbocycles. The van der Waals surface area contributed by atoms with Crippen molar-refractivity contribution in [2.45, 2.75) is 19.9 Å². The van der Waals surface area contributed by atoms with Crippen molar-refractivity contribution in [2.75, 3.05) is 17.3 Å². The van der Waals surface area contributed by atoms with E-state index < -0.39 is 10.8 Å². The van der Waals surface area contributed by atoms with Gasteiger partial charge < -0.3 is 5.32 Å². The summed E-state index contributed by atoms with van der Waals surface area (Å²) < 4.78 is 11.1. The van der Waals surface area contributed by atoms with Gasteiger partial charge in [0.2, 0.25) is 0 Å². The molecule has 2 N–H and O–H groups in total. The zero-order valence-electron chi connectivity index (χ0n) is 12.8. The molecule has 118 valence electrons. The van der Waals surface area contributed by atoms with E-state index in [1.807, 2.05) is 44.2 Å². The smallest absolute Gasteiger partial charge is 0.321 e. The number of carbonyl (C=O) groups is 1. The predicted molar refractivity (Wildman–Crippen MR) is 92.8 cm³/mol. The number of aromatic nitrogens is 1. The van der Waals surface area contributed by atoms with Crippen molar-refractivity contribution < 1.29 is 9.00 Å². The summed E-state index contributed by atoms with van der Waals surface area (Å²) in [7, 11) is -0.939. The Kier molecular flexibility index (Phi) is 5.68. The molecule has 0 aliphatic rings. The highest BCUT2D eigenvalue weighted by molar-refractivity contribution is 7.84. The highest BCUT2D eigenvalue weighted by Gasteiger charge is 2.13. The molecule has 0 saturated carbocycles. The van der Waals surface area contributed by atoms with E-state index in [1.54, 1.807) is 6.26 Å². The van der Waals surface area contributed by atoms with Crippen molar-refractivity contribution in [2.24, 2.45) is 0 Å². The van der Waals surface area contributed by atoms with E-state index in [2.05, 4.69) is 15.6 Å². The van der Waals surface area contributed by atoms with Crippen LogP contribution in [0.3, 0.4) is 0 Å². The largest absolute Gasteiger partial charge is 0.334 e. The van der Waals surface area contributed by atoms with Crippen LogP contribution in [0, 0.1) is 6.92 Å². The second-order valence-electron chi connectivity index (χ2n) is 5.04. The highest BCUT2D eigenvalue weighted by Crippen LogP contribution is 2.32. The average Bonchev–Trinajstić information content (AvgIpc) is 2.79. The molecule has 2 unspecified atom stereocenters. The second-order valence-corrected chi connectivity index (χ2v) is 7.52. The number of anilines is 1. The molecule has 0 saturated heterocycles. The number of rotatable bonds is 5. The summed E-state index contributed by atoms with van der Waals surface area (Å²) in [6.07, 6.45) is 1.62. The first-order chi connectivity index (χ1) is 10.5. The Morgan fingerprint density at radius 3 is 2.68 bits per heavy atom. The lowest BCUT2D eigenvalue weighted by Crippen LogP contribution is -2.39. The molecule has 0 bridgehead atoms. The standard InChI is InChI=1S/C15H19N3O2S2/c1-10(9-22(3)20)16-14(19)18-15-17-11(2)13(21-15)12-7-5-4-6-8-12/h4-8,10H,9H2,1-3H3,(H2,16,17,18,19). The number of hydrogen-bond donors (Lipinski definition) is 2. The van der Waals surface area contributed by atoms with Gasteiger partial charge in [-0.2, -0.15) is 0 Å². The normalized spacial score (nSPS) is 13.4. The lowest BCUT2D eigenvalue weighted by molar-refractivity contribution is 0.250. The van der Waals surface area contributed by atoms with Crippen molar-refractivity contribution >= 4 is 33.3 Å². The van der Waals surface area contributed by atoms with Crippen LogP contribution in [0.25, 0.3) is 10.4 Å². The minimum atomic E-state index is -0.939. The topological polar surface area (TPSA) is 71.1 Å². The van der Waals surface area contributed by atoms with Gasteiger partial charge in [0.1, 0.15) is 0 Å². The van der Waals surface area contributed by atoms with Crippen LogP contribution in [-0.2, 0) is 10.8 Å². The molecule has 0 spiro atoms. The molecule has 2 rings (SSSR count). The quantitative estimate of drug-likeness (QED) is 0.881. The third kappa shape index (κ3) is 4.64. The number of urea groups is 1. The lowest BCUT2D eigenvalue weighted by Gasteiger charge is -2.11. The number of amides is 2. The van der Waals surface area contributed by atoms with Crippen LogP contribution in [0.5, 0.6) is 0 Å². The fraction of sp³-hybridized carbons (Fsp3) is 0.333. The molecular weight excluding hydrogens is 318 g/mol. The second kappa shape index (κ2) is 7.51. The molecule has 2 amide bonds. The minimum Gasteiger partial charge on any atom is -0.334 e. The Bertz CT molecular complexity index is 671. The number of thiazole rings is 1. The lowest BCUT2D eigenvalue weighted by atomic mass is 10.2. The maximum absolute atomic E-state index is 11.9. The van der Waals surface area contributed by atoms with E-state index in [0.717, 1.165) is 16.1 Å². The summed E-state index contributed by atoms with van der Waals surface area (Å²) in [5.74, 6) is 0.430. The van der Waals surface area contributed by atoms with Gasteiger partial charge >= 0.3 is 6.03 Å². The summed E-state index contributed by atoms with van der Waals surface area (Å²) in [5, 5.41) is 6.04. The zero-order valence-corrected chi connectivity index (χ0v) is 14.4. The molecule has 7 heteroatoms. The molecular formula is C15H19N3O2S2. The Hall–Kier alpha value is -1.73. The van der Waals surface area contributed by atoms with Crippen LogP contribution < -0.4 is 10.6 Å². The molecule has 0 fully saturated rings. The van der Waals surface area contributed by atoms with Gasteiger partial charge in [0.15, 0.2) is 5.13 Å². The van der Waals surface area contributed by atoms with Crippen LogP contribution in [0.2, 0.25) is 0 Å². The molecule has 1 heterocycles. The van der Waals surface area contributed by atoms with E-state index in [4.69, 9.17) is 0 Å². The van der Waals surface area contributed by atoms with Crippen molar-refractivity contribution in [3.8, 4) is 10.4 Å². The van der Waals surface area contributed by atoms with Crippen LogP contribution in [0.15, 0.2) is 30.3 Å². The Labute approximate surface area is 136 Å². The average molecular weight is 337 g/mol. The van der Waals surface area contributed by atoms with E-state index in [-0.39, 0.29) is 12.1 Å². The molecule has 1 aromatic heterocycles. The van der Waals surface area contributed by atoms with Crippen LogP contribution in [0.4, 0.5) is 9.93 Å². The number of carbonyl (C=O) groups excluding carboxylic acids is 1. The predicted octanol–water partition coefficient (Wildman–Crippen LogP) is 3.01. The monoisotopic (exact) mass is 337 g/mol. The third-order valence-electron chi connectivity index (χ3n) is 2.92. The fourth-order valence-electron chi connectivity index (χ4n) is 2.06. The zero-order chi connectivity index (χ0) is 16.1. The van der Waals surface area contributed by atoms with Gasteiger partial charge in [0, 0.05) is 28.9 Å². The number of nitrogens with zero attached hydrogens (tertiary/aromatic N) is 1. The first-order valence-electron chi connectivity index (χ1n) is 6.86. The summed E-state index contributed by atoms with van der Waals surface area (Å²) in [5.41, 5.74) is 1.97. The maximum atomic E-state index is 11.9. The summed E-state index contributed by atoms with van der Waals surface area (Å²) in [6, 6.07) is 9.46. The number of benzene rings is 1. The SMILES string of the molecule is Cc1nc(NC(=O)NC(C)CS(C)=O)sc1-c1ccccc1. The van der Waals surface area contributed by atoms with E-state index >= 15 is 0 Å². The summed E-state index contributed by atoms with van der Waals surface area (Å²) in [6.45, 7) is 3.74. The van der Waals surface area contributed by atoms with Crippen molar-refractivity contribution in [3.63, 3.8) is 0 Å². The van der Waals surface area contributed by atoms with Crippen LogP contribution in [-0.4, -0.2) is 33.3 Å². The van der Waals surface area contributed by atoms with Gasteiger partial charge in [-0.3, -0.25) is 9.53 Å². The number of hydrogen-bond acceptors (Lipinski definition) is 4. The molecule has 2 atom stereocenters. The summed E-state index contributed by atoms with van der Waals surface area (Å²) in [4.78, 5) is 17.3. The first kappa shape index (κ1) is 16.6. The van der Waals surface area contributed by atoms with Crippen molar-refractivity contribution in [1.29, 1.82) is 0 Å². The molecule has 2 aromatic rings. The van der Waals surface area contributed by atoms with Gasteiger partial charge in [-0.15, -0.1) is 0 Å². The van der Waals surface area contributed by atoms with Gasteiger partial charge in [-0.1, -0.05) is 41.7 Å². The number of nitrogens with one attached hydrogen (secondary N) is 2. The first-order valence-corrected chi connectivity index (χ1v) is 9.40. The Morgan fingerprint density at radius 2 is 2.05 bits per heavy atom. The van der Waals surface area contributed by atoms with Gasteiger partial charge in [0.25, 0.3) is 0 Å². The summed E-state index contributed by atoms with van der Waals surface area (Å²) >= 11 is 1.44. The van der Waals surface area contributed by atoms with Gasteiger partial charge in [0.05, 0.1) is 10.6 Å². The molecule has 22 heavy (non-hydrogen) atoms. The van der Waals surface area contributed by atoms with Gasteiger partial charge in [-0.05, 0) is 19.4 Å². The fourth-order valence-corrected chi connectivity index (χ4v) is 3.81.